The summed E-state index contributed by atoms with van der Waals surface area (Å²) in [4.78, 5) is 15.1. The second-order valence-corrected chi connectivity index (χ2v) is 7.04. The van der Waals surface area contributed by atoms with E-state index in [4.69, 9.17) is 10.5 Å². The quantitative estimate of drug-likeness (QED) is 0.837. The first-order chi connectivity index (χ1) is 12.7. The third-order valence-electron chi connectivity index (χ3n) is 5.45. The normalized spacial score (nSPS) is 22.4. The number of ether oxygens (including phenoxy) is 1. The molecule has 2 aromatic heterocycles. The molecule has 4 rings (SSSR count). The van der Waals surface area contributed by atoms with Crippen molar-refractivity contribution < 1.29 is 4.74 Å². The number of nitrogens with one attached hydrogen (secondary N) is 1. The highest BCUT2D eigenvalue weighted by molar-refractivity contribution is 5.43. The molecule has 2 atom stereocenters. The molecule has 7 nitrogen and oxygen atoms in total. The van der Waals surface area contributed by atoms with Gasteiger partial charge in [-0.3, -0.25) is 4.98 Å². The molecule has 0 amide bonds. The minimum atomic E-state index is 0.103. The molecule has 2 aliphatic rings. The molecule has 0 aromatic carbocycles. The van der Waals surface area contributed by atoms with Crippen LogP contribution in [-0.4, -0.2) is 47.3 Å². The van der Waals surface area contributed by atoms with E-state index in [2.05, 4.69) is 31.2 Å². The molecule has 0 bridgehead atoms. The Kier molecular flexibility index (Phi) is 4.99. The fraction of sp³-hybridized carbons (Fsp3) is 0.526. The van der Waals surface area contributed by atoms with Gasteiger partial charge in [0.25, 0.3) is 0 Å². The van der Waals surface area contributed by atoms with Crippen molar-refractivity contribution in [2.45, 2.75) is 44.4 Å². The Bertz CT molecular complexity index is 767. The van der Waals surface area contributed by atoms with Gasteiger partial charge >= 0.3 is 0 Å². The van der Waals surface area contributed by atoms with Crippen LogP contribution in [0.4, 0.5) is 11.8 Å². The van der Waals surface area contributed by atoms with Crippen LogP contribution in [0.3, 0.4) is 0 Å². The zero-order chi connectivity index (χ0) is 17.9. The van der Waals surface area contributed by atoms with Gasteiger partial charge < -0.3 is 20.7 Å². The predicted molar refractivity (Wildman–Crippen MR) is 101 cm³/mol. The topological polar surface area (TPSA) is 89.2 Å². The molecule has 3 N–H and O–H groups in total. The SMILES string of the molecule is CO[C@@H]1CN(c2ccnc(N)n2)C[C@@H]1NCc1nccc2c1CCCC2. The molecule has 0 saturated carbocycles. The first-order valence-corrected chi connectivity index (χ1v) is 9.30. The highest BCUT2D eigenvalue weighted by Crippen LogP contribution is 2.24. The van der Waals surface area contributed by atoms with E-state index in [0.29, 0.717) is 5.95 Å². The Labute approximate surface area is 154 Å². The van der Waals surface area contributed by atoms with E-state index in [1.54, 1.807) is 13.3 Å². The largest absolute Gasteiger partial charge is 0.378 e. The van der Waals surface area contributed by atoms with Gasteiger partial charge in [-0.15, -0.1) is 0 Å². The van der Waals surface area contributed by atoms with Crippen LogP contribution in [0, 0.1) is 0 Å². The van der Waals surface area contributed by atoms with Gasteiger partial charge in [-0.05, 0) is 48.9 Å². The Morgan fingerprint density at radius 1 is 1.19 bits per heavy atom. The lowest BCUT2D eigenvalue weighted by molar-refractivity contribution is 0.0965. The van der Waals surface area contributed by atoms with Crippen LogP contribution < -0.4 is 16.0 Å². The van der Waals surface area contributed by atoms with E-state index in [9.17, 15) is 0 Å². The first-order valence-electron chi connectivity index (χ1n) is 9.30. The lowest BCUT2D eigenvalue weighted by Gasteiger charge is -2.22. The summed E-state index contributed by atoms with van der Waals surface area (Å²) in [5, 5.41) is 3.66. The standard InChI is InChI=1S/C19H26N6O/c1-26-17-12-25(18-7-9-22-19(20)24-18)11-16(17)23-10-15-14-5-3-2-4-13(14)6-8-21-15/h6-9,16-17,23H,2-5,10-12H2,1H3,(H2,20,22,24)/t16-,17+/m0/s1. The number of nitrogens with zero attached hydrogens (tertiary/aromatic N) is 4. The summed E-state index contributed by atoms with van der Waals surface area (Å²) >= 11 is 0. The van der Waals surface area contributed by atoms with Crippen molar-refractivity contribution in [2.24, 2.45) is 0 Å². The molecular formula is C19H26N6O. The van der Waals surface area contributed by atoms with Crippen molar-refractivity contribution in [3.05, 3.63) is 41.3 Å². The van der Waals surface area contributed by atoms with Crippen LogP contribution in [0.25, 0.3) is 0 Å². The number of nitrogen functional groups attached to an aromatic ring is 1. The van der Waals surface area contributed by atoms with Crippen LogP contribution in [0.1, 0.15) is 29.7 Å². The Morgan fingerprint density at radius 2 is 2.04 bits per heavy atom. The van der Waals surface area contributed by atoms with Gasteiger partial charge in [-0.25, -0.2) is 4.98 Å². The lowest BCUT2D eigenvalue weighted by atomic mass is 9.91. The number of hydrogen-bond acceptors (Lipinski definition) is 7. The smallest absolute Gasteiger partial charge is 0.221 e. The Morgan fingerprint density at radius 3 is 2.88 bits per heavy atom. The maximum absolute atomic E-state index is 5.72. The molecule has 0 radical (unpaired) electrons. The average Bonchev–Trinajstić information content (AvgIpc) is 3.09. The van der Waals surface area contributed by atoms with Crippen LogP contribution in [0.15, 0.2) is 24.5 Å². The van der Waals surface area contributed by atoms with E-state index in [-0.39, 0.29) is 12.1 Å². The second-order valence-electron chi connectivity index (χ2n) is 7.04. The van der Waals surface area contributed by atoms with Gasteiger partial charge in [0.2, 0.25) is 5.95 Å². The molecule has 1 aliphatic heterocycles. The van der Waals surface area contributed by atoms with Crippen molar-refractivity contribution in [3.63, 3.8) is 0 Å². The fourth-order valence-corrected chi connectivity index (χ4v) is 4.05. The molecule has 3 heterocycles. The summed E-state index contributed by atoms with van der Waals surface area (Å²) in [5.41, 5.74) is 9.82. The van der Waals surface area contributed by atoms with Gasteiger partial charge in [0.1, 0.15) is 5.82 Å². The van der Waals surface area contributed by atoms with Gasteiger partial charge in [0, 0.05) is 39.1 Å². The molecule has 1 fully saturated rings. The number of fused-ring (bicyclic) bond motifs is 1. The number of methoxy groups -OCH3 is 1. The van der Waals surface area contributed by atoms with Crippen LogP contribution in [-0.2, 0) is 24.1 Å². The van der Waals surface area contributed by atoms with E-state index < -0.39 is 0 Å². The van der Waals surface area contributed by atoms with E-state index in [1.165, 1.54) is 36.1 Å². The zero-order valence-electron chi connectivity index (χ0n) is 15.2. The summed E-state index contributed by atoms with van der Waals surface area (Å²) in [7, 11) is 1.76. The predicted octanol–water partition coefficient (Wildman–Crippen LogP) is 1.33. The molecular weight excluding hydrogens is 328 g/mol. The average molecular weight is 354 g/mol. The fourth-order valence-electron chi connectivity index (χ4n) is 4.05. The summed E-state index contributed by atoms with van der Waals surface area (Å²) in [6, 6.07) is 4.28. The maximum Gasteiger partial charge on any atom is 0.221 e. The molecule has 1 aliphatic carbocycles. The highest BCUT2D eigenvalue weighted by atomic mass is 16.5. The molecule has 26 heavy (non-hydrogen) atoms. The first kappa shape index (κ1) is 17.2. The van der Waals surface area contributed by atoms with Crippen LogP contribution in [0.5, 0.6) is 0 Å². The third kappa shape index (κ3) is 3.50. The van der Waals surface area contributed by atoms with Crippen molar-refractivity contribution in [1.82, 2.24) is 20.3 Å². The minimum Gasteiger partial charge on any atom is -0.378 e. The van der Waals surface area contributed by atoms with Gasteiger partial charge in [-0.1, -0.05) is 0 Å². The summed E-state index contributed by atoms with van der Waals surface area (Å²) < 4.78 is 5.71. The van der Waals surface area contributed by atoms with Gasteiger partial charge in [0.15, 0.2) is 0 Å². The Hall–Kier alpha value is -2.25. The van der Waals surface area contributed by atoms with Crippen LogP contribution in [0.2, 0.25) is 0 Å². The van der Waals surface area contributed by atoms with Crippen molar-refractivity contribution in [1.29, 1.82) is 0 Å². The molecule has 0 spiro atoms. The summed E-state index contributed by atoms with van der Waals surface area (Å²) in [6.45, 7) is 2.38. The number of nitrogens with two attached hydrogens (primary N) is 1. The monoisotopic (exact) mass is 354 g/mol. The number of aromatic nitrogens is 3. The summed E-state index contributed by atoms with van der Waals surface area (Å²) in [6.07, 6.45) is 8.61. The minimum absolute atomic E-state index is 0.103. The van der Waals surface area contributed by atoms with E-state index in [1.807, 2.05) is 12.3 Å². The highest BCUT2D eigenvalue weighted by Gasteiger charge is 2.33. The number of pyridine rings is 1. The number of hydrogen-bond donors (Lipinski definition) is 2. The lowest BCUT2D eigenvalue weighted by Crippen LogP contribution is -2.40. The van der Waals surface area contributed by atoms with E-state index in [0.717, 1.165) is 31.9 Å². The molecule has 2 aromatic rings. The van der Waals surface area contributed by atoms with Gasteiger partial charge in [0.05, 0.1) is 17.8 Å². The van der Waals surface area contributed by atoms with Gasteiger partial charge in [-0.2, -0.15) is 4.98 Å². The molecule has 1 saturated heterocycles. The molecule has 138 valence electrons. The van der Waals surface area contributed by atoms with Crippen molar-refractivity contribution >= 4 is 11.8 Å². The second kappa shape index (κ2) is 7.55. The molecule has 7 heteroatoms. The number of anilines is 2. The molecule has 0 unspecified atom stereocenters. The Balaban J connectivity index is 1.45. The third-order valence-corrected chi connectivity index (χ3v) is 5.45. The van der Waals surface area contributed by atoms with Crippen molar-refractivity contribution in [3.8, 4) is 0 Å². The summed E-state index contributed by atoms with van der Waals surface area (Å²) in [5.74, 6) is 1.15. The zero-order valence-corrected chi connectivity index (χ0v) is 15.2. The number of aryl methyl sites for hydroxylation is 1. The van der Waals surface area contributed by atoms with Crippen molar-refractivity contribution in [2.75, 3.05) is 30.8 Å². The van der Waals surface area contributed by atoms with E-state index >= 15 is 0 Å². The maximum atomic E-state index is 5.72. The van der Waals surface area contributed by atoms with Crippen LogP contribution >= 0.6 is 0 Å². The number of rotatable bonds is 5.